The number of benzene rings is 2. The second-order valence-electron chi connectivity index (χ2n) is 7.08. The Morgan fingerprint density at radius 3 is 2.43 bits per heavy atom. The highest BCUT2D eigenvalue weighted by Crippen LogP contribution is 2.24. The average molecular weight is 377 g/mol. The van der Waals surface area contributed by atoms with E-state index in [1.807, 2.05) is 29.2 Å². The summed E-state index contributed by atoms with van der Waals surface area (Å²) >= 11 is 0. The molecule has 0 bridgehead atoms. The van der Waals surface area contributed by atoms with Gasteiger partial charge in [-0.2, -0.15) is 0 Å². The largest absolute Gasteiger partial charge is 0.484 e. The number of ether oxygens (including phenoxy) is 1. The van der Waals surface area contributed by atoms with E-state index >= 15 is 0 Å². The van der Waals surface area contributed by atoms with Crippen LogP contribution in [0.1, 0.15) is 25.7 Å². The first-order chi connectivity index (χ1) is 13.7. The lowest BCUT2D eigenvalue weighted by Crippen LogP contribution is -2.35. The van der Waals surface area contributed by atoms with Gasteiger partial charge in [0.05, 0.1) is 5.39 Å². The maximum Gasteiger partial charge on any atom is 0.260 e. The number of amides is 1. The number of hydrogen-bond acceptors (Lipinski definition) is 4. The van der Waals surface area contributed by atoms with Gasteiger partial charge in [0.1, 0.15) is 17.1 Å². The van der Waals surface area contributed by atoms with Crippen LogP contribution in [-0.2, 0) is 4.79 Å². The first-order valence-corrected chi connectivity index (χ1v) is 9.74. The van der Waals surface area contributed by atoms with Gasteiger partial charge in [-0.3, -0.25) is 9.59 Å². The van der Waals surface area contributed by atoms with Gasteiger partial charge in [0.2, 0.25) is 0 Å². The fourth-order valence-corrected chi connectivity index (χ4v) is 3.52. The highest BCUT2D eigenvalue weighted by Gasteiger charge is 2.16. The summed E-state index contributed by atoms with van der Waals surface area (Å²) in [4.78, 5) is 26.5. The first kappa shape index (κ1) is 18.3. The molecule has 0 saturated carbocycles. The Bertz CT molecular complexity index is 1010. The lowest BCUT2D eigenvalue weighted by atomic mass is 10.1. The van der Waals surface area contributed by atoms with E-state index in [9.17, 15) is 9.59 Å². The molecule has 5 heteroatoms. The molecule has 0 atom stereocenters. The molecule has 0 N–H and O–H groups in total. The lowest BCUT2D eigenvalue weighted by molar-refractivity contribution is -0.133. The zero-order valence-corrected chi connectivity index (χ0v) is 15.7. The van der Waals surface area contributed by atoms with Gasteiger partial charge < -0.3 is 14.1 Å². The Morgan fingerprint density at radius 2 is 1.68 bits per heavy atom. The molecule has 1 aliphatic heterocycles. The summed E-state index contributed by atoms with van der Waals surface area (Å²) in [6, 6.07) is 15.9. The molecule has 28 heavy (non-hydrogen) atoms. The van der Waals surface area contributed by atoms with Crippen molar-refractivity contribution in [3.63, 3.8) is 0 Å². The summed E-state index contributed by atoms with van der Waals surface area (Å²) in [5, 5.41) is 0.568. The molecule has 0 spiro atoms. The van der Waals surface area contributed by atoms with Crippen molar-refractivity contribution in [1.82, 2.24) is 4.90 Å². The molecule has 0 radical (unpaired) electrons. The van der Waals surface area contributed by atoms with E-state index < -0.39 is 0 Å². The quantitative estimate of drug-likeness (QED) is 0.682. The van der Waals surface area contributed by atoms with Crippen LogP contribution < -0.4 is 10.2 Å². The summed E-state index contributed by atoms with van der Waals surface area (Å²) in [5.74, 6) is 1.16. The Kier molecular flexibility index (Phi) is 5.42. The molecule has 1 aromatic heterocycles. The minimum absolute atomic E-state index is 0.0338. The average Bonchev–Trinajstić information content (AvgIpc) is 3.02. The van der Waals surface area contributed by atoms with Crippen LogP contribution in [0.25, 0.3) is 22.3 Å². The fraction of sp³-hybridized carbons (Fsp3) is 0.304. The molecule has 2 heterocycles. The van der Waals surface area contributed by atoms with Crippen LogP contribution >= 0.6 is 0 Å². The third-order valence-electron chi connectivity index (χ3n) is 5.09. The van der Waals surface area contributed by atoms with E-state index in [2.05, 4.69) is 0 Å². The Morgan fingerprint density at radius 1 is 0.964 bits per heavy atom. The molecule has 4 rings (SSSR count). The molecular weight excluding hydrogens is 354 g/mol. The van der Waals surface area contributed by atoms with E-state index in [4.69, 9.17) is 9.15 Å². The molecule has 1 amide bonds. The highest BCUT2D eigenvalue weighted by atomic mass is 16.5. The van der Waals surface area contributed by atoms with Crippen LogP contribution in [0.4, 0.5) is 0 Å². The number of carbonyl (C=O) groups is 1. The number of rotatable bonds is 4. The second-order valence-corrected chi connectivity index (χ2v) is 7.08. The molecule has 2 aromatic carbocycles. The molecule has 144 valence electrons. The SMILES string of the molecule is O=C(COc1ccc(-c2cc(=O)c3ccccc3o2)cc1)N1CCCCCC1. The molecular formula is C23H23NO4. The molecule has 3 aromatic rings. The summed E-state index contributed by atoms with van der Waals surface area (Å²) < 4.78 is 11.5. The van der Waals surface area contributed by atoms with Gasteiger partial charge in [0.15, 0.2) is 12.0 Å². The zero-order valence-electron chi connectivity index (χ0n) is 15.7. The number of fused-ring (bicyclic) bond motifs is 1. The van der Waals surface area contributed by atoms with Crippen LogP contribution in [0.2, 0.25) is 0 Å². The van der Waals surface area contributed by atoms with E-state index in [1.54, 1.807) is 24.3 Å². The van der Waals surface area contributed by atoms with Gasteiger partial charge in [-0.25, -0.2) is 0 Å². The predicted molar refractivity (Wildman–Crippen MR) is 108 cm³/mol. The molecule has 0 aliphatic carbocycles. The number of carbonyl (C=O) groups excluding carboxylic acids is 1. The van der Waals surface area contributed by atoms with Crippen LogP contribution in [0.15, 0.2) is 63.8 Å². The second kappa shape index (κ2) is 8.30. The number of para-hydroxylation sites is 1. The van der Waals surface area contributed by atoms with Crippen molar-refractivity contribution in [3.05, 3.63) is 64.8 Å². The van der Waals surface area contributed by atoms with Crippen LogP contribution in [-0.4, -0.2) is 30.5 Å². The Labute approximate surface area is 163 Å². The van der Waals surface area contributed by atoms with Gasteiger partial charge >= 0.3 is 0 Å². The van der Waals surface area contributed by atoms with Gasteiger partial charge in [0, 0.05) is 24.7 Å². The van der Waals surface area contributed by atoms with E-state index in [-0.39, 0.29) is 17.9 Å². The maximum absolute atomic E-state index is 12.3. The normalized spacial score (nSPS) is 14.6. The molecule has 1 fully saturated rings. The monoisotopic (exact) mass is 377 g/mol. The van der Waals surface area contributed by atoms with Crippen molar-refractivity contribution in [2.24, 2.45) is 0 Å². The van der Waals surface area contributed by atoms with Crippen LogP contribution in [0, 0.1) is 0 Å². The standard InChI is InChI=1S/C23H23NO4/c25-20-15-22(28-21-8-4-3-7-19(20)21)17-9-11-18(12-10-17)27-16-23(26)24-13-5-1-2-6-14-24/h3-4,7-12,15H,1-2,5-6,13-14,16H2. The summed E-state index contributed by atoms with van der Waals surface area (Å²) in [6.45, 7) is 1.69. The lowest BCUT2D eigenvalue weighted by Gasteiger charge is -2.20. The van der Waals surface area contributed by atoms with Crippen molar-refractivity contribution in [2.75, 3.05) is 19.7 Å². The van der Waals surface area contributed by atoms with Gasteiger partial charge in [-0.1, -0.05) is 25.0 Å². The highest BCUT2D eigenvalue weighted by molar-refractivity contribution is 5.79. The summed E-state index contributed by atoms with van der Waals surface area (Å²) in [5.41, 5.74) is 1.28. The maximum atomic E-state index is 12.3. The Hall–Kier alpha value is -3.08. The molecule has 0 unspecified atom stereocenters. The van der Waals surface area contributed by atoms with E-state index in [0.29, 0.717) is 22.5 Å². The number of likely N-dealkylation sites (tertiary alicyclic amines) is 1. The van der Waals surface area contributed by atoms with E-state index in [0.717, 1.165) is 31.5 Å². The van der Waals surface area contributed by atoms with Crippen molar-refractivity contribution in [2.45, 2.75) is 25.7 Å². The van der Waals surface area contributed by atoms with Gasteiger partial charge in [-0.15, -0.1) is 0 Å². The summed E-state index contributed by atoms with van der Waals surface area (Å²) in [7, 11) is 0. The van der Waals surface area contributed by atoms with Crippen molar-refractivity contribution in [1.29, 1.82) is 0 Å². The van der Waals surface area contributed by atoms with Crippen molar-refractivity contribution >= 4 is 16.9 Å². The fourth-order valence-electron chi connectivity index (χ4n) is 3.52. The number of nitrogens with zero attached hydrogens (tertiary/aromatic N) is 1. The Balaban J connectivity index is 1.44. The zero-order chi connectivity index (χ0) is 19.3. The molecule has 1 aliphatic rings. The van der Waals surface area contributed by atoms with Crippen LogP contribution in [0.3, 0.4) is 0 Å². The van der Waals surface area contributed by atoms with Gasteiger partial charge in [-0.05, 0) is 49.2 Å². The first-order valence-electron chi connectivity index (χ1n) is 9.74. The topological polar surface area (TPSA) is 59.8 Å². The number of hydrogen-bond donors (Lipinski definition) is 0. The van der Waals surface area contributed by atoms with Crippen molar-refractivity contribution in [3.8, 4) is 17.1 Å². The third-order valence-corrected chi connectivity index (χ3v) is 5.09. The van der Waals surface area contributed by atoms with Crippen LogP contribution in [0.5, 0.6) is 5.75 Å². The minimum atomic E-state index is -0.0692. The summed E-state index contributed by atoms with van der Waals surface area (Å²) in [6.07, 6.45) is 4.52. The molecule has 1 saturated heterocycles. The third kappa shape index (κ3) is 4.09. The van der Waals surface area contributed by atoms with Crippen molar-refractivity contribution < 1.29 is 13.9 Å². The predicted octanol–water partition coefficient (Wildman–Crippen LogP) is 4.24. The molecule has 5 nitrogen and oxygen atoms in total. The smallest absolute Gasteiger partial charge is 0.260 e. The minimum Gasteiger partial charge on any atom is -0.484 e. The van der Waals surface area contributed by atoms with Gasteiger partial charge in [0.25, 0.3) is 5.91 Å². The van der Waals surface area contributed by atoms with E-state index in [1.165, 1.54) is 18.9 Å².